The summed E-state index contributed by atoms with van der Waals surface area (Å²) in [6.45, 7) is 1.78. The molecule has 1 aromatic heterocycles. The number of rotatable bonds is 2. The van der Waals surface area contributed by atoms with Gasteiger partial charge < -0.3 is 5.11 Å². The van der Waals surface area contributed by atoms with Crippen LogP contribution in [0.2, 0.25) is 0 Å². The Kier molecular flexibility index (Phi) is 4.14. The van der Waals surface area contributed by atoms with Gasteiger partial charge in [-0.3, -0.25) is 4.98 Å². The van der Waals surface area contributed by atoms with Crippen molar-refractivity contribution in [3.05, 3.63) is 62.0 Å². The van der Waals surface area contributed by atoms with Gasteiger partial charge in [0.25, 0.3) is 0 Å². The van der Waals surface area contributed by atoms with Gasteiger partial charge in [0.05, 0.1) is 5.69 Å². The van der Waals surface area contributed by atoms with E-state index in [2.05, 4.69) is 36.8 Å². The molecule has 0 bridgehead atoms. The zero-order chi connectivity index (χ0) is 13.3. The first kappa shape index (κ1) is 13.6. The maximum atomic E-state index is 13.3. The average molecular weight is 375 g/mol. The Morgan fingerprint density at radius 3 is 2.56 bits per heavy atom. The van der Waals surface area contributed by atoms with Gasteiger partial charge >= 0.3 is 0 Å². The standard InChI is InChI=1S/C13H10Br2FNO/c1-7-2-8(4-10(16)3-7)13(18)12-11(15)5-9(14)6-17-12/h2-6,13,18H,1H3. The van der Waals surface area contributed by atoms with E-state index in [1.54, 1.807) is 25.3 Å². The van der Waals surface area contributed by atoms with E-state index in [1.165, 1.54) is 12.1 Å². The Hall–Kier alpha value is -0.780. The van der Waals surface area contributed by atoms with Gasteiger partial charge in [-0.1, -0.05) is 6.07 Å². The molecule has 1 heterocycles. The fourth-order valence-corrected chi connectivity index (χ4v) is 2.91. The predicted octanol–water partition coefficient (Wildman–Crippen LogP) is 4.14. The first-order valence-electron chi connectivity index (χ1n) is 5.23. The van der Waals surface area contributed by atoms with E-state index in [1.807, 2.05) is 0 Å². The van der Waals surface area contributed by atoms with E-state index >= 15 is 0 Å². The zero-order valence-electron chi connectivity index (χ0n) is 9.49. The molecule has 0 aliphatic rings. The third-order valence-electron chi connectivity index (χ3n) is 2.48. The zero-order valence-corrected chi connectivity index (χ0v) is 12.7. The Morgan fingerprint density at radius 1 is 1.22 bits per heavy atom. The number of pyridine rings is 1. The van der Waals surface area contributed by atoms with Crippen molar-refractivity contribution >= 4 is 31.9 Å². The smallest absolute Gasteiger partial charge is 0.123 e. The van der Waals surface area contributed by atoms with Crippen LogP contribution in [0, 0.1) is 12.7 Å². The Morgan fingerprint density at radius 2 is 1.94 bits per heavy atom. The van der Waals surface area contributed by atoms with Crippen molar-refractivity contribution in [2.45, 2.75) is 13.0 Å². The summed E-state index contributed by atoms with van der Waals surface area (Å²) in [7, 11) is 0. The Bertz CT molecular complexity index is 569. The lowest BCUT2D eigenvalue weighted by Crippen LogP contribution is -2.04. The molecule has 1 atom stereocenters. The van der Waals surface area contributed by atoms with Crippen LogP contribution in [0.25, 0.3) is 0 Å². The molecule has 2 aromatic rings. The summed E-state index contributed by atoms with van der Waals surface area (Å²) in [5.74, 6) is -0.364. The minimum Gasteiger partial charge on any atom is -0.382 e. The SMILES string of the molecule is Cc1cc(F)cc(C(O)c2ncc(Br)cc2Br)c1. The highest BCUT2D eigenvalue weighted by molar-refractivity contribution is 9.11. The third-order valence-corrected chi connectivity index (χ3v) is 3.54. The molecule has 0 radical (unpaired) electrons. The molecule has 0 amide bonds. The van der Waals surface area contributed by atoms with Crippen LogP contribution in [0.15, 0.2) is 39.4 Å². The first-order chi connectivity index (χ1) is 8.47. The fourth-order valence-electron chi connectivity index (χ4n) is 1.71. The molecule has 0 fully saturated rings. The van der Waals surface area contributed by atoms with Gasteiger partial charge in [-0.05, 0) is 68.1 Å². The minimum atomic E-state index is -0.957. The molecular weight excluding hydrogens is 365 g/mol. The van der Waals surface area contributed by atoms with Crippen LogP contribution in [0.3, 0.4) is 0 Å². The number of nitrogens with zero attached hydrogens (tertiary/aromatic N) is 1. The number of aromatic nitrogens is 1. The monoisotopic (exact) mass is 373 g/mol. The molecule has 0 aliphatic carbocycles. The van der Waals surface area contributed by atoms with Crippen molar-refractivity contribution < 1.29 is 9.50 Å². The number of aliphatic hydroxyl groups is 1. The number of benzene rings is 1. The summed E-state index contributed by atoms with van der Waals surface area (Å²) in [6.07, 6.45) is 0.636. The third kappa shape index (κ3) is 2.96. The maximum Gasteiger partial charge on any atom is 0.123 e. The van der Waals surface area contributed by atoms with Crippen molar-refractivity contribution in [3.63, 3.8) is 0 Å². The summed E-state index contributed by atoms with van der Waals surface area (Å²) in [4.78, 5) is 4.15. The van der Waals surface area contributed by atoms with Crippen molar-refractivity contribution in [2.75, 3.05) is 0 Å². The second-order valence-electron chi connectivity index (χ2n) is 3.99. The normalized spacial score (nSPS) is 12.5. The number of hydrogen-bond acceptors (Lipinski definition) is 2. The molecule has 1 N–H and O–H groups in total. The van der Waals surface area contributed by atoms with Crippen molar-refractivity contribution in [1.29, 1.82) is 0 Å². The predicted molar refractivity (Wildman–Crippen MR) is 74.8 cm³/mol. The minimum absolute atomic E-state index is 0.364. The molecule has 0 aliphatic heterocycles. The molecular formula is C13H10Br2FNO. The van der Waals surface area contributed by atoms with Gasteiger partial charge in [0, 0.05) is 15.1 Å². The van der Waals surface area contributed by atoms with Crippen LogP contribution in [0.5, 0.6) is 0 Å². The highest BCUT2D eigenvalue weighted by Gasteiger charge is 2.16. The van der Waals surface area contributed by atoms with Gasteiger partial charge in [-0.2, -0.15) is 0 Å². The van der Waals surface area contributed by atoms with E-state index in [0.29, 0.717) is 15.7 Å². The summed E-state index contributed by atoms with van der Waals surface area (Å²) >= 11 is 6.63. The van der Waals surface area contributed by atoms with Crippen LogP contribution in [0.1, 0.15) is 22.9 Å². The number of hydrogen-bond donors (Lipinski definition) is 1. The Balaban J connectivity index is 2.44. The van der Waals surface area contributed by atoms with Crippen molar-refractivity contribution in [1.82, 2.24) is 4.98 Å². The molecule has 2 nitrogen and oxygen atoms in total. The van der Waals surface area contributed by atoms with E-state index in [4.69, 9.17) is 0 Å². The molecule has 0 spiro atoms. The molecule has 0 saturated heterocycles. The van der Waals surface area contributed by atoms with Gasteiger partial charge in [0.2, 0.25) is 0 Å². The summed E-state index contributed by atoms with van der Waals surface area (Å²) in [6, 6.07) is 6.26. The lowest BCUT2D eigenvalue weighted by Gasteiger charge is -2.13. The molecule has 94 valence electrons. The molecule has 1 aromatic carbocycles. The fraction of sp³-hybridized carbons (Fsp3) is 0.154. The van der Waals surface area contributed by atoms with E-state index in [9.17, 15) is 9.50 Å². The lowest BCUT2D eigenvalue weighted by molar-refractivity contribution is 0.214. The lowest BCUT2D eigenvalue weighted by atomic mass is 10.0. The van der Waals surface area contributed by atoms with Crippen LogP contribution in [-0.4, -0.2) is 10.1 Å². The first-order valence-corrected chi connectivity index (χ1v) is 6.82. The topological polar surface area (TPSA) is 33.1 Å². The van der Waals surface area contributed by atoms with E-state index < -0.39 is 6.10 Å². The quantitative estimate of drug-likeness (QED) is 0.857. The number of aliphatic hydroxyl groups excluding tert-OH is 1. The molecule has 18 heavy (non-hydrogen) atoms. The average Bonchev–Trinajstić information content (AvgIpc) is 2.26. The van der Waals surface area contributed by atoms with Crippen molar-refractivity contribution in [3.8, 4) is 0 Å². The number of halogens is 3. The van der Waals surface area contributed by atoms with Gasteiger partial charge in [0.1, 0.15) is 11.9 Å². The molecule has 5 heteroatoms. The van der Waals surface area contributed by atoms with Gasteiger partial charge in [-0.15, -0.1) is 0 Å². The van der Waals surface area contributed by atoms with Crippen LogP contribution in [-0.2, 0) is 0 Å². The van der Waals surface area contributed by atoms with Crippen molar-refractivity contribution in [2.24, 2.45) is 0 Å². The molecule has 0 saturated carbocycles. The van der Waals surface area contributed by atoms with Crippen LogP contribution < -0.4 is 0 Å². The Labute approximate surface area is 121 Å². The van der Waals surface area contributed by atoms with Gasteiger partial charge in [0.15, 0.2) is 0 Å². The summed E-state index contributed by atoms with van der Waals surface area (Å²) in [5, 5.41) is 10.2. The largest absolute Gasteiger partial charge is 0.382 e. The highest BCUT2D eigenvalue weighted by atomic mass is 79.9. The van der Waals surface area contributed by atoms with Crippen LogP contribution in [0.4, 0.5) is 4.39 Å². The molecule has 2 rings (SSSR count). The summed E-state index contributed by atoms with van der Waals surface area (Å²) < 4.78 is 14.8. The molecule has 1 unspecified atom stereocenters. The van der Waals surface area contributed by atoms with E-state index in [-0.39, 0.29) is 5.82 Å². The number of aryl methyl sites for hydroxylation is 1. The second-order valence-corrected chi connectivity index (χ2v) is 5.76. The van der Waals surface area contributed by atoms with Gasteiger partial charge in [-0.25, -0.2) is 4.39 Å². The highest BCUT2D eigenvalue weighted by Crippen LogP contribution is 2.29. The second kappa shape index (κ2) is 5.47. The maximum absolute atomic E-state index is 13.3. The van der Waals surface area contributed by atoms with E-state index in [0.717, 1.165) is 10.0 Å². The summed E-state index contributed by atoms with van der Waals surface area (Å²) in [5.41, 5.74) is 1.71. The van der Waals surface area contributed by atoms with Crippen LogP contribution >= 0.6 is 31.9 Å².